The molecule has 0 unspecified atom stereocenters. The summed E-state index contributed by atoms with van der Waals surface area (Å²) < 4.78 is 5.07. The summed E-state index contributed by atoms with van der Waals surface area (Å²) in [4.78, 5) is 12.7. The van der Waals surface area contributed by atoms with Crippen LogP contribution in [0.15, 0.2) is 12.4 Å². The van der Waals surface area contributed by atoms with Crippen molar-refractivity contribution < 1.29 is 4.74 Å². The summed E-state index contributed by atoms with van der Waals surface area (Å²) in [5.74, 6) is 1.80. The Bertz CT molecular complexity index is 445. The second kappa shape index (κ2) is 5.35. The van der Waals surface area contributed by atoms with Crippen LogP contribution < -0.4 is 5.32 Å². The highest BCUT2D eigenvalue weighted by atomic mass is 16.5. The normalized spacial score (nSPS) is 10.5. The molecule has 2 aromatic heterocycles. The van der Waals surface area contributed by atoms with Crippen LogP contribution in [0.5, 0.6) is 0 Å². The molecule has 0 spiro atoms. The number of methoxy groups -OCH3 is 1. The lowest BCUT2D eigenvalue weighted by Gasteiger charge is -2.06. The number of hydrogen-bond acceptors (Lipinski definition) is 6. The molecule has 90 valence electrons. The number of aromatic amines is 1. The molecule has 7 heteroatoms. The topological polar surface area (TPSA) is 88.6 Å². The standard InChI is InChI=1S/C10H14N6O/c1-3-11-8-4-7(5-17-2)14-10(15-8)9-12-6-13-16-9/h4,6H,3,5H2,1-2H3,(H,11,14,15)(H,12,13,16). The van der Waals surface area contributed by atoms with Gasteiger partial charge in [0.15, 0.2) is 11.6 Å². The Labute approximate surface area is 98.7 Å². The van der Waals surface area contributed by atoms with Crippen molar-refractivity contribution in [2.24, 2.45) is 0 Å². The first-order chi connectivity index (χ1) is 8.33. The SMILES string of the molecule is CCNc1cc(COC)nc(-c2ncn[nH]2)n1. The van der Waals surface area contributed by atoms with Gasteiger partial charge < -0.3 is 10.1 Å². The van der Waals surface area contributed by atoms with Gasteiger partial charge in [-0.2, -0.15) is 5.10 Å². The van der Waals surface area contributed by atoms with Crippen molar-refractivity contribution >= 4 is 5.82 Å². The minimum atomic E-state index is 0.433. The molecule has 0 bridgehead atoms. The van der Waals surface area contributed by atoms with Crippen molar-refractivity contribution in [2.75, 3.05) is 19.0 Å². The molecular weight excluding hydrogens is 220 g/mol. The molecule has 0 aliphatic carbocycles. The Kier molecular flexibility index (Phi) is 3.61. The van der Waals surface area contributed by atoms with Crippen molar-refractivity contribution in [3.63, 3.8) is 0 Å². The van der Waals surface area contributed by atoms with Gasteiger partial charge in [0.1, 0.15) is 12.1 Å². The minimum absolute atomic E-state index is 0.433. The molecule has 2 heterocycles. The predicted octanol–water partition coefficient (Wildman–Crippen LogP) is 0.840. The first-order valence-corrected chi connectivity index (χ1v) is 5.30. The fourth-order valence-corrected chi connectivity index (χ4v) is 1.41. The van der Waals surface area contributed by atoms with E-state index in [0.717, 1.165) is 18.1 Å². The Morgan fingerprint density at radius 3 is 2.94 bits per heavy atom. The summed E-state index contributed by atoms with van der Waals surface area (Å²) in [6.07, 6.45) is 1.43. The molecule has 0 atom stereocenters. The third kappa shape index (κ3) is 2.76. The van der Waals surface area contributed by atoms with E-state index in [1.165, 1.54) is 6.33 Å². The lowest BCUT2D eigenvalue weighted by molar-refractivity contribution is 0.181. The Morgan fingerprint density at radius 2 is 2.29 bits per heavy atom. The number of H-pyrrole nitrogens is 1. The van der Waals surface area contributed by atoms with Gasteiger partial charge in [-0.15, -0.1) is 0 Å². The van der Waals surface area contributed by atoms with Crippen LogP contribution in [-0.2, 0) is 11.3 Å². The van der Waals surface area contributed by atoms with Crippen molar-refractivity contribution in [2.45, 2.75) is 13.5 Å². The maximum Gasteiger partial charge on any atom is 0.199 e. The van der Waals surface area contributed by atoms with Gasteiger partial charge in [0, 0.05) is 19.7 Å². The summed E-state index contributed by atoms with van der Waals surface area (Å²) in [7, 11) is 1.63. The van der Waals surface area contributed by atoms with E-state index < -0.39 is 0 Å². The monoisotopic (exact) mass is 234 g/mol. The zero-order valence-corrected chi connectivity index (χ0v) is 9.77. The molecule has 2 rings (SSSR count). The number of ether oxygens (including phenoxy) is 1. The van der Waals surface area contributed by atoms with E-state index in [-0.39, 0.29) is 0 Å². The lowest BCUT2D eigenvalue weighted by Crippen LogP contribution is -2.05. The first-order valence-electron chi connectivity index (χ1n) is 5.30. The maximum atomic E-state index is 5.07. The van der Waals surface area contributed by atoms with E-state index in [2.05, 4.69) is 30.5 Å². The van der Waals surface area contributed by atoms with Crippen LogP contribution in [0, 0.1) is 0 Å². The van der Waals surface area contributed by atoms with Crippen LogP contribution >= 0.6 is 0 Å². The number of nitrogens with one attached hydrogen (secondary N) is 2. The van der Waals surface area contributed by atoms with E-state index in [1.807, 2.05) is 13.0 Å². The molecular formula is C10H14N6O. The van der Waals surface area contributed by atoms with Crippen LogP contribution in [0.2, 0.25) is 0 Å². The maximum absolute atomic E-state index is 5.07. The second-order valence-electron chi connectivity index (χ2n) is 3.37. The lowest BCUT2D eigenvalue weighted by atomic mass is 10.3. The van der Waals surface area contributed by atoms with Crippen LogP contribution in [-0.4, -0.2) is 38.8 Å². The van der Waals surface area contributed by atoms with Gasteiger partial charge in [-0.25, -0.2) is 15.0 Å². The molecule has 0 aliphatic rings. The molecule has 7 nitrogen and oxygen atoms in total. The van der Waals surface area contributed by atoms with Crippen molar-refractivity contribution in [3.05, 3.63) is 18.1 Å². The fourth-order valence-electron chi connectivity index (χ4n) is 1.41. The van der Waals surface area contributed by atoms with E-state index >= 15 is 0 Å². The minimum Gasteiger partial charge on any atom is -0.378 e. The summed E-state index contributed by atoms with van der Waals surface area (Å²) in [5, 5.41) is 9.66. The molecule has 2 N–H and O–H groups in total. The van der Waals surface area contributed by atoms with Gasteiger partial charge >= 0.3 is 0 Å². The van der Waals surface area contributed by atoms with Gasteiger partial charge in [0.05, 0.1) is 12.3 Å². The van der Waals surface area contributed by atoms with E-state index in [4.69, 9.17) is 4.74 Å². The van der Waals surface area contributed by atoms with E-state index in [9.17, 15) is 0 Å². The summed E-state index contributed by atoms with van der Waals surface area (Å²) in [6.45, 7) is 3.23. The highest BCUT2D eigenvalue weighted by Crippen LogP contribution is 2.14. The number of anilines is 1. The third-order valence-electron chi connectivity index (χ3n) is 2.06. The highest BCUT2D eigenvalue weighted by molar-refractivity contribution is 5.48. The zero-order valence-electron chi connectivity index (χ0n) is 9.77. The Balaban J connectivity index is 2.37. The van der Waals surface area contributed by atoms with Gasteiger partial charge in [0.25, 0.3) is 0 Å². The van der Waals surface area contributed by atoms with Crippen LogP contribution in [0.4, 0.5) is 5.82 Å². The predicted molar refractivity (Wildman–Crippen MR) is 62.3 cm³/mol. The molecule has 0 aromatic carbocycles. The Hall–Kier alpha value is -2.02. The quantitative estimate of drug-likeness (QED) is 0.797. The second-order valence-corrected chi connectivity index (χ2v) is 3.37. The number of aromatic nitrogens is 5. The molecule has 0 radical (unpaired) electrons. The summed E-state index contributed by atoms with van der Waals surface area (Å²) in [6, 6.07) is 1.85. The van der Waals surface area contributed by atoms with Gasteiger partial charge in [-0.05, 0) is 6.92 Å². The van der Waals surface area contributed by atoms with Gasteiger partial charge in [0.2, 0.25) is 0 Å². The smallest absolute Gasteiger partial charge is 0.199 e. The fraction of sp³-hybridized carbons (Fsp3) is 0.400. The van der Waals surface area contributed by atoms with Crippen molar-refractivity contribution in [1.29, 1.82) is 0 Å². The third-order valence-corrected chi connectivity index (χ3v) is 2.06. The largest absolute Gasteiger partial charge is 0.378 e. The molecule has 17 heavy (non-hydrogen) atoms. The molecule has 0 amide bonds. The van der Waals surface area contributed by atoms with Crippen molar-refractivity contribution in [3.8, 4) is 11.6 Å². The summed E-state index contributed by atoms with van der Waals surface area (Å²) in [5.41, 5.74) is 0.796. The number of nitrogens with zero attached hydrogens (tertiary/aromatic N) is 4. The molecule has 0 aliphatic heterocycles. The van der Waals surface area contributed by atoms with Crippen LogP contribution in [0.25, 0.3) is 11.6 Å². The molecule has 0 saturated heterocycles. The van der Waals surface area contributed by atoms with E-state index in [0.29, 0.717) is 18.3 Å². The number of hydrogen-bond donors (Lipinski definition) is 2. The highest BCUT2D eigenvalue weighted by Gasteiger charge is 2.08. The average molecular weight is 234 g/mol. The van der Waals surface area contributed by atoms with E-state index in [1.54, 1.807) is 7.11 Å². The number of rotatable bonds is 5. The van der Waals surface area contributed by atoms with Crippen molar-refractivity contribution in [1.82, 2.24) is 25.1 Å². The van der Waals surface area contributed by atoms with Gasteiger partial charge in [-0.3, -0.25) is 5.10 Å². The van der Waals surface area contributed by atoms with Crippen LogP contribution in [0.3, 0.4) is 0 Å². The summed E-state index contributed by atoms with van der Waals surface area (Å²) >= 11 is 0. The Morgan fingerprint density at radius 1 is 1.41 bits per heavy atom. The average Bonchev–Trinajstić information content (AvgIpc) is 2.83. The first kappa shape index (κ1) is 11.5. The van der Waals surface area contributed by atoms with Gasteiger partial charge in [-0.1, -0.05) is 0 Å². The van der Waals surface area contributed by atoms with Crippen LogP contribution in [0.1, 0.15) is 12.6 Å². The molecule has 0 fully saturated rings. The molecule has 2 aromatic rings. The zero-order chi connectivity index (χ0) is 12.1. The molecule has 0 saturated carbocycles.